The molecule has 1 amide bonds. The number of nitrogens with zero attached hydrogens (tertiary/aromatic N) is 1. The first kappa shape index (κ1) is 21.6. The van der Waals surface area contributed by atoms with Gasteiger partial charge in [-0.3, -0.25) is 4.79 Å². The molecule has 1 N–H and O–H groups in total. The van der Waals surface area contributed by atoms with Crippen LogP contribution in [-0.4, -0.2) is 51.3 Å². The quantitative estimate of drug-likeness (QED) is 0.579. The van der Waals surface area contributed by atoms with Crippen molar-refractivity contribution in [3.05, 3.63) is 60.4 Å². The summed E-state index contributed by atoms with van der Waals surface area (Å²) in [7, 11) is 4.86. The molecule has 7 heteroatoms. The Bertz CT molecular complexity index is 1060. The second-order valence-electron chi connectivity index (χ2n) is 7.70. The molecule has 32 heavy (non-hydrogen) atoms. The van der Waals surface area contributed by atoms with Crippen LogP contribution in [0.3, 0.4) is 0 Å². The van der Waals surface area contributed by atoms with E-state index in [0.29, 0.717) is 36.1 Å². The van der Waals surface area contributed by atoms with E-state index in [1.807, 2.05) is 53.4 Å². The number of ether oxygens (including phenoxy) is 3. The largest absolute Gasteiger partial charge is 0.497 e. The van der Waals surface area contributed by atoms with Crippen LogP contribution in [-0.2, 0) is 0 Å². The summed E-state index contributed by atoms with van der Waals surface area (Å²) in [5.41, 5.74) is 1.83. The number of anilines is 1. The minimum Gasteiger partial charge on any atom is -0.497 e. The van der Waals surface area contributed by atoms with Crippen molar-refractivity contribution in [3.63, 3.8) is 0 Å². The summed E-state index contributed by atoms with van der Waals surface area (Å²) in [4.78, 5) is 14.9. The van der Waals surface area contributed by atoms with Gasteiger partial charge in [-0.1, -0.05) is 0 Å². The zero-order valence-electron chi connectivity index (χ0n) is 18.6. The van der Waals surface area contributed by atoms with Crippen LogP contribution in [0.4, 0.5) is 5.69 Å². The fourth-order valence-corrected chi connectivity index (χ4v) is 3.96. The van der Waals surface area contributed by atoms with Crippen LogP contribution in [0, 0.1) is 0 Å². The predicted octanol–water partition coefficient (Wildman–Crippen LogP) is 4.69. The van der Waals surface area contributed by atoms with Gasteiger partial charge in [0.1, 0.15) is 11.5 Å². The van der Waals surface area contributed by atoms with Crippen molar-refractivity contribution in [1.29, 1.82) is 0 Å². The minimum absolute atomic E-state index is 0.0939. The highest BCUT2D eigenvalue weighted by Gasteiger charge is 2.26. The second kappa shape index (κ2) is 9.68. The molecule has 0 saturated carbocycles. The van der Waals surface area contributed by atoms with Gasteiger partial charge in [0, 0.05) is 36.4 Å². The van der Waals surface area contributed by atoms with Crippen LogP contribution in [0.5, 0.6) is 17.2 Å². The van der Waals surface area contributed by atoms with Gasteiger partial charge in [-0.15, -0.1) is 0 Å². The van der Waals surface area contributed by atoms with Gasteiger partial charge < -0.3 is 28.8 Å². The van der Waals surface area contributed by atoms with Crippen molar-refractivity contribution < 1.29 is 23.4 Å². The van der Waals surface area contributed by atoms with E-state index in [9.17, 15) is 4.79 Å². The van der Waals surface area contributed by atoms with Gasteiger partial charge in [0.2, 0.25) is 0 Å². The molecule has 2 aromatic carbocycles. The molecule has 0 bridgehead atoms. The molecular formula is C25H28N2O5. The van der Waals surface area contributed by atoms with Crippen molar-refractivity contribution in [2.24, 2.45) is 0 Å². The highest BCUT2D eigenvalue weighted by molar-refractivity contribution is 5.92. The summed E-state index contributed by atoms with van der Waals surface area (Å²) < 4.78 is 21.8. The molecular weight excluding hydrogens is 408 g/mol. The highest BCUT2D eigenvalue weighted by atomic mass is 16.5. The SMILES string of the molecule is COc1ccc(-c2ccc(C(=O)N3CCC[C@@H](Nc4ccc(OC)c(OC)c4)C3)o2)cc1. The molecule has 1 fully saturated rings. The maximum atomic E-state index is 13.1. The molecule has 1 atom stereocenters. The third kappa shape index (κ3) is 4.66. The standard InChI is InChI=1S/C25H28N2O5/c1-29-20-9-6-17(7-10-20)21-12-13-23(32-21)25(28)27-14-4-5-19(16-27)26-18-8-11-22(30-2)24(15-18)31-3/h6-13,15,19,26H,4-5,14,16H2,1-3H3/t19-/m1/s1. The number of carbonyl (C=O) groups is 1. The lowest BCUT2D eigenvalue weighted by atomic mass is 10.0. The van der Waals surface area contributed by atoms with E-state index in [1.165, 1.54) is 0 Å². The number of hydrogen-bond acceptors (Lipinski definition) is 6. The number of nitrogens with one attached hydrogen (secondary N) is 1. The van der Waals surface area contributed by atoms with Crippen molar-refractivity contribution in [2.75, 3.05) is 39.7 Å². The van der Waals surface area contributed by atoms with Crippen LogP contribution in [0.1, 0.15) is 23.4 Å². The zero-order valence-corrected chi connectivity index (χ0v) is 18.6. The third-order valence-corrected chi connectivity index (χ3v) is 5.65. The Morgan fingerprint density at radius 3 is 2.47 bits per heavy atom. The number of benzene rings is 2. The molecule has 0 aliphatic carbocycles. The van der Waals surface area contributed by atoms with E-state index < -0.39 is 0 Å². The number of rotatable bonds is 7. The Balaban J connectivity index is 1.42. The van der Waals surface area contributed by atoms with Crippen molar-refractivity contribution in [1.82, 2.24) is 4.90 Å². The Morgan fingerprint density at radius 1 is 0.969 bits per heavy atom. The van der Waals surface area contributed by atoms with Crippen LogP contribution in [0.15, 0.2) is 59.0 Å². The average molecular weight is 437 g/mol. The van der Waals surface area contributed by atoms with Gasteiger partial charge in [0.05, 0.1) is 21.3 Å². The maximum absolute atomic E-state index is 13.1. The smallest absolute Gasteiger partial charge is 0.289 e. The number of amides is 1. The molecule has 2 heterocycles. The molecule has 1 saturated heterocycles. The Morgan fingerprint density at radius 2 is 1.75 bits per heavy atom. The number of likely N-dealkylation sites (tertiary alicyclic amines) is 1. The third-order valence-electron chi connectivity index (χ3n) is 5.65. The molecule has 4 rings (SSSR count). The number of furan rings is 1. The highest BCUT2D eigenvalue weighted by Crippen LogP contribution is 2.31. The van der Waals surface area contributed by atoms with E-state index in [4.69, 9.17) is 18.6 Å². The summed E-state index contributed by atoms with van der Waals surface area (Å²) in [6.45, 7) is 1.31. The summed E-state index contributed by atoms with van der Waals surface area (Å²) >= 11 is 0. The molecule has 1 aliphatic rings. The van der Waals surface area contributed by atoms with Crippen LogP contribution in [0.2, 0.25) is 0 Å². The first-order valence-electron chi connectivity index (χ1n) is 10.6. The van der Waals surface area contributed by atoms with Crippen molar-refractivity contribution in [2.45, 2.75) is 18.9 Å². The summed E-state index contributed by atoms with van der Waals surface area (Å²) in [6.07, 6.45) is 1.90. The fourth-order valence-electron chi connectivity index (χ4n) is 3.96. The van der Waals surface area contributed by atoms with E-state index in [1.54, 1.807) is 27.4 Å². The Kier molecular flexibility index (Phi) is 6.54. The van der Waals surface area contributed by atoms with Gasteiger partial charge in [-0.25, -0.2) is 0 Å². The molecule has 0 spiro atoms. The molecule has 168 valence electrons. The summed E-state index contributed by atoms with van der Waals surface area (Å²) in [6, 6.07) is 17.0. The molecule has 1 aliphatic heterocycles. The van der Waals surface area contributed by atoms with Gasteiger partial charge in [-0.05, 0) is 61.4 Å². The topological polar surface area (TPSA) is 73.2 Å². The average Bonchev–Trinajstić information content (AvgIpc) is 3.34. The lowest BCUT2D eigenvalue weighted by Crippen LogP contribution is -2.45. The summed E-state index contributed by atoms with van der Waals surface area (Å²) in [5, 5.41) is 3.51. The fraction of sp³-hybridized carbons (Fsp3) is 0.320. The molecule has 0 unspecified atom stereocenters. The lowest BCUT2D eigenvalue weighted by Gasteiger charge is -2.33. The van der Waals surface area contributed by atoms with Gasteiger partial charge >= 0.3 is 0 Å². The van der Waals surface area contributed by atoms with Gasteiger partial charge in [-0.2, -0.15) is 0 Å². The lowest BCUT2D eigenvalue weighted by molar-refractivity contribution is 0.0683. The van der Waals surface area contributed by atoms with Crippen molar-refractivity contribution >= 4 is 11.6 Å². The molecule has 7 nitrogen and oxygen atoms in total. The van der Waals surface area contributed by atoms with Gasteiger partial charge in [0.15, 0.2) is 17.3 Å². The first-order chi connectivity index (χ1) is 15.6. The second-order valence-corrected chi connectivity index (χ2v) is 7.70. The van der Waals surface area contributed by atoms with E-state index in [2.05, 4.69) is 5.32 Å². The number of methoxy groups -OCH3 is 3. The Hall–Kier alpha value is -3.61. The van der Waals surface area contributed by atoms with E-state index in [0.717, 1.165) is 29.8 Å². The van der Waals surface area contributed by atoms with E-state index >= 15 is 0 Å². The minimum atomic E-state index is -0.0939. The van der Waals surface area contributed by atoms with Crippen LogP contribution < -0.4 is 19.5 Å². The van der Waals surface area contributed by atoms with Gasteiger partial charge in [0.25, 0.3) is 5.91 Å². The number of hydrogen-bond donors (Lipinski definition) is 1. The normalized spacial score (nSPS) is 15.8. The van der Waals surface area contributed by atoms with Crippen molar-refractivity contribution in [3.8, 4) is 28.6 Å². The molecule has 1 aromatic heterocycles. The predicted molar refractivity (Wildman–Crippen MR) is 123 cm³/mol. The summed E-state index contributed by atoms with van der Waals surface area (Å²) in [5.74, 6) is 3.05. The van der Waals surface area contributed by atoms with Crippen LogP contribution >= 0.6 is 0 Å². The Labute approximate surface area is 187 Å². The maximum Gasteiger partial charge on any atom is 0.289 e. The monoisotopic (exact) mass is 436 g/mol. The number of piperidine rings is 1. The zero-order chi connectivity index (χ0) is 22.5. The number of carbonyl (C=O) groups excluding carboxylic acids is 1. The van der Waals surface area contributed by atoms with E-state index in [-0.39, 0.29) is 11.9 Å². The molecule has 3 aromatic rings. The molecule has 0 radical (unpaired) electrons. The first-order valence-corrected chi connectivity index (χ1v) is 10.6. The van der Waals surface area contributed by atoms with Crippen LogP contribution in [0.25, 0.3) is 11.3 Å².